The van der Waals surface area contributed by atoms with Gasteiger partial charge in [0, 0.05) is 56.7 Å². The van der Waals surface area contributed by atoms with Gasteiger partial charge < -0.3 is 34.3 Å². The van der Waals surface area contributed by atoms with Crippen molar-refractivity contribution < 1.29 is 19.0 Å². The minimum atomic E-state index is -0.131. The molecule has 2 aliphatic heterocycles. The van der Waals surface area contributed by atoms with Crippen molar-refractivity contribution in [2.24, 2.45) is 0 Å². The molecule has 2 aromatic heterocycles. The van der Waals surface area contributed by atoms with Gasteiger partial charge in [-0.15, -0.1) is 0 Å². The van der Waals surface area contributed by atoms with E-state index < -0.39 is 0 Å². The minimum Gasteiger partial charge on any atom is -0.488 e. The highest BCUT2D eigenvalue weighted by atomic mass is 16.5. The Balaban J connectivity index is 1.35. The molecule has 0 spiro atoms. The van der Waals surface area contributed by atoms with E-state index in [1.54, 1.807) is 25.4 Å². The van der Waals surface area contributed by atoms with E-state index >= 15 is 0 Å². The molecule has 3 aromatic rings. The molecular weight excluding hydrogens is 494 g/mol. The number of amides is 1. The summed E-state index contributed by atoms with van der Waals surface area (Å²) in [5.41, 5.74) is 4.46. The zero-order chi connectivity index (χ0) is 27.4. The topological polar surface area (TPSA) is 92.0 Å². The Kier molecular flexibility index (Phi) is 8.18. The normalized spacial score (nSPS) is 18.4. The number of carbonyl (C=O) groups is 1. The molecule has 2 N–H and O–H groups in total. The van der Waals surface area contributed by atoms with Crippen molar-refractivity contribution in [3.05, 3.63) is 66.1 Å². The Labute approximate surface area is 229 Å². The van der Waals surface area contributed by atoms with Crippen LogP contribution in [0.4, 0.5) is 0 Å². The second-order valence-corrected chi connectivity index (χ2v) is 10.3. The van der Waals surface area contributed by atoms with Crippen LogP contribution in [0.2, 0.25) is 0 Å². The van der Waals surface area contributed by atoms with Crippen molar-refractivity contribution in [3.8, 4) is 28.5 Å². The summed E-state index contributed by atoms with van der Waals surface area (Å²) in [6, 6.07) is 13.9. The Hall–Kier alpha value is -3.82. The zero-order valence-electron chi connectivity index (χ0n) is 23.1. The van der Waals surface area contributed by atoms with Crippen LogP contribution in [-0.4, -0.2) is 84.8 Å². The average molecular weight is 532 g/mol. The van der Waals surface area contributed by atoms with Crippen LogP contribution in [0.3, 0.4) is 0 Å². The summed E-state index contributed by atoms with van der Waals surface area (Å²) in [5.74, 6) is 1.77. The Morgan fingerprint density at radius 1 is 1.05 bits per heavy atom. The fraction of sp³-hybridized carbons (Fsp3) is 0.400. The lowest BCUT2D eigenvalue weighted by Crippen LogP contribution is -2.47. The third-order valence-corrected chi connectivity index (χ3v) is 6.96. The lowest BCUT2D eigenvalue weighted by atomic mass is 10.1. The highest BCUT2D eigenvalue weighted by Gasteiger charge is 2.21. The molecule has 1 fully saturated rings. The largest absolute Gasteiger partial charge is 0.488 e. The van der Waals surface area contributed by atoms with E-state index in [1.165, 1.54) is 0 Å². The van der Waals surface area contributed by atoms with Gasteiger partial charge in [-0.1, -0.05) is 6.08 Å². The molecule has 0 aliphatic carbocycles. The van der Waals surface area contributed by atoms with Crippen molar-refractivity contribution in [2.75, 3.05) is 46.9 Å². The van der Waals surface area contributed by atoms with Gasteiger partial charge in [-0.05, 0) is 63.7 Å². The molecule has 39 heavy (non-hydrogen) atoms. The molecule has 0 radical (unpaired) electrons. The fourth-order valence-electron chi connectivity index (χ4n) is 4.82. The van der Waals surface area contributed by atoms with E-state index in [1.807, 2.05) is 30.0 Å². The first-order valence-corrected chi connectivity index (χ1v) is 13.5. The van der Waals surface area contributed by atoms with E-state index in [2.05, 4.69) is 52.4 Å². The summed E-state index contributed by atoms with van der Waals surface area (Å²) in [6.45, 7) is 7.75. The lowest BCUT2D eigenvalue weighted by molar-refractivity contribution is 0.0658. The molecule has 1 saturated heterocycles. The number of likely N-dealkylation sites (N-methyl/N-ethyl adjacent to an activating group) is 1. The lowest BCUT2D eigenvalue weighted by Gasteiger charge is -2.32. The van der Waals surface area contributed by atoms with Gasteiger partial charge in [-0.2, -0.15) is 0 Å². The summed E-state index contributed by atoms with van der Waals surface area (Å²) in [4.78, 5) is 24.8. The molecule has 1 amide bonds. The Bertz CT molecular complexity index is 1310. The summed E-state index contributed by atoms with van der Waals surface area (Å²) in [7, 11) is 3.72. The third-order valence-electron chi connectivity index (χ3n) is 6.96. The molecule has 2 aliphatic rings. The van der Waals surface area contributed by atoms with E-state index in [9.17, 15) is 4.79 Å². The zero-order valence-corrected chi connectivity index (χ0v) is 23.1. The number of nitrogens with one attached hydrogen (secondary N) is 2. The molecule has 0 bridgehead atoms. The number of carbonyl (C=O) groups excluding carboxylic acids is 1. The van der Waals surface area contributed by atoms with Crippen molar-refractivity contribution in [3.63, 3.8) is 0 Å². The molecule has 1 aromatic carbocycles. The van der Waals surface area contributed by atoms with E-state index in [4.69, 9.17) is 14.2 Å². The fourth-order valence-corrected chi connectivity index (χ4v) is 4.82. The number of H-pyrrole nitrogens is 1. The molecule has 4 heterocycles. The number of ether oxygens (including phenoxy) is 3. The van der Waals surface area contributed by atoms with Crippen LogP contribution in [0.15, 0.2) is 54.7 Å². The van der Waals surface area contributed by atoms with Crippen LogP contribution < -0.4 is 14.8 Å². The molecule has 9 nitrogen and oxygen atoms in total. The third kappa shape index (κ3) is 6.61. The van der Waals surface area contributed by atoms with Gasteiger partial charge >= 0.3 is 0 Å². The molecule has 9 heteroatoms. The number of hydrogen-bond donors (Lipinski definition) is 2. The molecule has 0 saturated carbocycles. The van der Waals surface area contributed by atoms with Gasteiger partial charge in [0.1, 0.15) is 29.0 Å². The van der Waals surface area contributed by atoms with Crippen LogP contribution in [-0.2, 0) is 4.74 Å². The number of methoxy groups -OCH3 is 1. The molecule has 2 atom stereocenters. The van der Waals surface area contributed by atoms with Crippen LogP contribution >= 0.6 is 0 Å². The smallest absolute Gasteiger partial charge is 0.272 e. The van der Waals surface area contributed by atoms with Gasteiger partial charge in [0.25, 0.3) is 5.91 Å². The summed E-state index contributed by atoms with van der Waals surface area (Å²) in [6.07, 6.45) is 4.69. The van der Waals surface area contributed by atoms with Crippen LogP contribution in [0.25, 0.3) is 17.0 Å². The van der Waals surface area contributed by atoms with Crippen molar-refractivity contribution in [1.82, 2.24) is 25.1 Å². The number of aromatic amines is 1. The second kappa shape index (κ2) is 11.9. The maximum absolute atomic E-state index is 12.9. The summed E-state index contributed by atoms with van der Waals surface area (Å²) < 4.78 is 17.6. The predicted octanol–water partition coefficient (Wildman–Crippen LogP) is 4.39. The number of piperazine rings is 1. The highest BCUT2D eigenvalue weighted by molar-refractivity contribution is 5.92. The number of rotatable bonds is 9. The van der Waals surface area contributed by atoms with Crippen LogP contribution in [0, 0.1) is 0 Å². The molecule has 0 unspecified atom stereocenters. The number of aromatic nitrogens is 2. The monoisotopic (exact) mass is 531 g/mol. The summed E-state index contributed by atoms with van der Waals surface area (Å²) in [5, 5.41) is 3.50. The number of pyridine rings is 1. The first-order valence-electron chi connectivity index (χ1n) is 13.5. The maximum Gasteiger partial charge on any atom is 0.272 e. The van der Waals surface area contributed by atoms with Gasteiger partial charge in [0.2, 0.25) is 0 Å². The number of hydrogen-bond acceptors (Lipinski definition) is 7. The van der Waals surface area contributed by atoms with E-state index in [-0.39, 0.29) is 12.0 Å². The second-order valence-electron chi connectivity index (χ2n) is 10.3. The molecule has 206 valence electrons. The van der Waals surface area contributed by atoms with Crippen LogP contribution in [0.1, 0.15) is 36.5 Å². The van der Waals surface area contributed by atoms with Gasteiger partial charge in [-0.25, -0.2) is 4.98 Å². The van der Waals surface area contributed by atoms with E-state index in [0.29, 0.717) is 48.7 Å². The molecular formula is C30H37N5O4. The Morgan fingerprint density at radius 2 is 1.82 bits per heavy atom. The maximum atomic E-state index is 12.9. The first-order chi connectivity index (χ1) is 18.9. The van der Waals surface area contributed by atoms with Gasteiger partial charge in [0.15, 0.2) is 0 Å². The van der Waals surface area contributed by atoms with Crippen molar-refractivity contribution in [1.29, 1.82) is 0 Å². The van der Waals surface area contributed by atoms with Gasteiger partial charge in [0.05, 0.1) is 24.2 Å². The summed E-state index contributed by atoms with van der Waals surface area (Å²) >= 11 is 0. The van der Waals surface area contributed by atoms with Crippen molar-refractivity contribution in [2.45, 2.75) is 32.4 Å². The van der Waals surface area contributed by atoms with Crippen LogP contribution in [0.5, 0.6) is 17.2 Å². The Morgan fingerprint density at radius 3 is 2.51 bits per heavy atom. The predicted molar refractivity (Wildman–Crippen MR) is 151 cm³/mol. The number of benzene rings is 1. The van der Waals surface area contributed by atoms with Crippen molar-refractivity contribution >= 4 is 11.6 Å². The SMILES string of the molecule is COC[C@H](C)Oc1cc(Oc2ccc(C(=O)N3CCN(C)CC3)nc2)cc(-c2ccc(C3=CC[C@H](C)N3)[nH]2)c1. The first kappa shape index (κ1) is 26.8. The molecule has 5 rings (SSSR count). The average Bonchev–Trinajstić information content (AvgIpc) is 3.59. The quantitative estimate of drug-likeness (QED) is 0.423. The highest BCUT2D eigenvalue weighted by Crippen LogP contribution is 2.33. The van der Waals surface area contributed by atoms with E-state index in [0.717, 1.165) is 42.2 Å². The number of nitrogens with zero attached hydrogens (tertiary/aromatic N) is 3. The standard InChI is InChI=1S/C30H37N5O4/c1-20-5-7-27(32-20)28-10-9-26(33-28)22-15-24(38-21(2)19-37-4)17-25(16-22)39-23-6-8-29(31-18-23)30(36)35-13-11-34(3)12-14-35/h6-10,15-18,20-21,32-33H,5,11-14,19H2,1-4H3/t20-,21-/m0/s1. The minimum absolute atomic E-state index is 0.0525. The van der Waals surface area contributed by atoms with Gasteiger partial charge in [-0.3, -0.25) is 4.79 Å².